The number of ether oxygens (including phenoxy) is 1. The van der Waals surface area contributed by atoms with Gasteiger partial charge in [-0.25, -0.2) is 4.98 Å². The number of rotatable bonds is 4. The Kier molecular flexibility index (Phi) is 3.10. The van der Waals surface area contributed by atoms with Gasteiger partial charge >= 0.3 is 0 Å². The zero-order chi connectivity index (χ0) is 13.4. The first-order chi connectivity index (χ1) is 9.15. The van der Waals surface area contributed by atoms with Crippen LogP contribution in [0.2, 0.25) is 0 Å². The first-order valence-electron chi connectivity index (χ1n) is 6.64. The average Bonchev–Trinajstić information content (AvgIpc) is 3.10. The summed E-state index contributed by atoms with van der Waals surface area (Å²) < 4.78 is 5.76. The van der Waals surface area contributed by atoms with Gasteiger partial charge in [0.05, 0.1) is 17.1 Å². The van der Waals surface area contributed by atoms with Crippen molar-refractivity contribution < 1.29 is 9.66 Å². The molecule has 1 aliphatic heterocycles. The van der Waals surface area contributed by atoms with E-state index in [9.17, 15) is 10.1 Å². The molecular formula is C13H17N3O3. The lowest BCUT2D eigenvalue weighted by atomic mass is 10.1. The largest absolute Gasteiger partial charge is 0.376 e. The Hall–Kier alpha value is -1.69. The molecule has 0 bridgehead atoms. The number of nitrogens with one attached hydrogen (secondary N) is 1. The van der Waals surface area contributed by atoms with Gasteiger partial charge in [0.25, 0.3) is 5.69 Å². The summed E-state index contributed by atoms with van der Waals surface area (Å²) in [5, 5.41) is 14.1. The molecule has 2 unspecified atom stereocenters. The molecule has 2 aliphatic rings. The van der Waals surface area contributed by atoms with Crippen molar-refractivity contribution >= 4 is 11.5 Å². The number of aryl methyl sites for hydroxylation is 1. The fraction of sp³-hybridized carbons (Fsp3) is 0.615. The highest BCUT2D eigenvalue weighted by molar-refractivity contribution is 5.47. The Morgan fingerprint density at radius 3 is 2.89 bits per heavy atom. The summed E-state index contributed by atoms with van der Waals surface area (Å²) in [6, 6.07) is 2.02. The zero-order valence-corrected chi connectivity index (χ0v) is 10.8. The van der Waals surface area contributed by atoms with Crippen LogP contribution in [0.1, 0.15) is 24.8 Å². The van der Waals surface area contributed by atoms with E-state index in [0.717, 1.165) is 13.0 Å². The average molecular weight is 263 g/mol. The van der Waals surface area contributed by atoms with Crippen molar-refractivity contribution in [2.24, 2.45) is 5.92 Å². The molecule has 0 radical (unpaired) electrons. The van der Waals surface area contributed by atoms with E-state index >= 15 is 0 Å². The van der Waals surface area contributed by atoms with Crippen molar-refractivity contribution in [3.63, 3.8) is 0 Å². The van der Waals surface area contributed by atoms with Crippen molar-refractivity contribution in [1.29, 1.82) is 0 Å². The summed E-state index contributed by atoms with van der Waals surface area (Å²) in [4.78, 5) is 14.5. The maximum absolute atomic E-state index is 10.8. The summed E-state index contributed by atoms with van der Waals surface area (Å²) in [7, 11) is 0. The molecule has 1 aromatic heterocycles. The smallest absolute Gasteiger partial charge is 0.290 e. The summed E-state index contributed by atoms with van der Waals surface area (Å²) in [6.07, 6.45) is 5.06. The van der Waals surface area contributed by atoms with Crippen molar-refractivity contribution in [3.8, 4) is 0 Å². The van der Waals surface area contributed by atoms with Crippen LogP contribution >= 0.6 is 0 Å². The van der Waals surface area contributed by atoms with Crippen LogP contribution in [0, 0.1) is 23.0 Å². The van der Waals surface area contributed by atoms with E-state index < -0.39 is 4.92 Å². The number of nitrogens with zero attached hydrogens (tertiary/aromatic N) is 2. The molecular weight excluding hydrogens is 246 g/mol. The number of pyridine rings is 1. The highest BCUT2D eigenvalue weighted by Crippen LogP contribution is 2.39. The molecule has 0 spiro atoms. The van der Waals surface area contributed by atoms with E-state index in [1.807, 2.05) is 0 Å². The first kappa shape index (κ1) is 12.3. The Morgan fingerprint density at radius 1 is 1.47 bits per heavy atom. The van der Waals surface area contributed by atoms with Crippen molar-refractivity contribution in [2.45, 2.75) is 38.3 Å². The van der Waals surface area contributed by atoms with Crippen LogP contribution in [0.5, 0.6) is 0 Å². The molecule has 1 saturated heterocycles. The van der Waals surface area contributed by atoms with Gasteiger partial charge in [0.15, 0.2) is 0 Å². The minimum atomic E-state index is -0.405. The summed E-state index contributed by atoms with van der Waals surface area (Å²) >= 11 is 0. The van der Waals surface area contributed by atoms with E-state index in [0.29, 0.717) is 17.3 Å². The summed E-state index contributed by atoms with van der Waals surface area (Å²) in [5.41, 5.74) is 0.691. The van der Waals surface area contributed by atoms with Crippen LogP contribution in [0.3, 0.4) is 0 Å². The molecule has 2 heterocycles. The molecule has 6 nitrogen and oxygen atoms in total. The van der Waals surface area contributed by atoms with Crippen LogP contribution in [-0.2, 0) is 4.74 Å². The molecule has 1 aromatic rings. The maximum atomic E-state index is 10.8. The summed E-state index contributed by atoms with van der Waals surface area (Å²) in [6.45, 7) is 2.51. The third-order valence-corrected chi connectivity index (χ3v) is 3.84. The molecule has 0 amide bonds. The monoisotopic (exact) mass is 263 g/mol. The van der Waals surface area contributed by atoms with E-state index in [2.05, 4.69) is 10.3 Å². The molecule has 1 saturated carbocycles. The van der Waals surface area contributed by atoms with E-state index in [-0.39, 0.29) is 17.8 Å². The van der Waals surface area contributed by atoms with Crippen LogP contribution in [0.4, 0.5) is 11.5 Å². The van der Waals surface area contributed by atoms with Gasteiger partial charge in [-0.05, 0) is 38.2 Å². The second kappa shape index (κ2) is 4.77. The summed E-state index contributed by atoms with van der Waals surface area (Å²) in [5.74, 6) is 1.38. The third-order valence-electron chi connectivity index (χ3n) is 3.84. The number of anilines is 1. The van der Waals surface area contributed by atoms with E-state index in [1.54, 1.807) is 13.0 Å². The van der Waals surface area contributed by atoms with Gasteiger partial charge in [-0.3, -0.25) is 10.1 Å². The molecule has 3 rings (SSSR count). The molecule has 1 aliphatic carbocycles. The predicted octanol–water partition coefficient (Wildman–Crippen LogP) is 2.28. The van der Waals surface area contributed by atoms with E-state index in [4.69, 9.17) is 4.74 Å². The van der Waals surface area contributed by atoms with Crippen LogP contribution < -0.4 is 5.32 Å². The number of nitro groups is 1. The van der Waals surface area contributed by atoms with Crippen LogP contribution in [0.15, 0.2) is 12.3 Å². The normalized spacial score (nSPS) is 26.4. The molecule has 2 atom stereocenters. The lowest BCUT2D eigenvalue weighted by Gasteiger charge is -2.20. The van der Waals surface area contributed by atoms with Gasteiger partial charge < -0.3 is 10.1 Å². The fourth-order valence-corrected chi connectivity index (χ4v) is 2.66. The topological polar surface area (TPSA) is 77.3 Å². The van der Waals surface area contributed by atoms with Crippen molar-refractivity contribution in [3.05, 3.63) is 27.9 Å². The molecule has 6 heteroatoms. The molecule has 0 aromatic carbocycles. The quantitative estimate of drug-likeness (QED) is 0.666. The number of aromatic nitrogens is 1. The molecule has 1 N–H and O–H groups in total. The van der Waals surface area contributed by atoms with Crippen LogP contribution in [-0.4, -0.2) is 28.7 Å². The van der Waals surface area contributed by atoms with Gasteiger partial charge in [-0.2, -0.15) is 0 Å². The van der Waals surface area contributed by atoms with Crippen molar-refractivity contribution in [2.75, 3.05) is 11.9 Å². The van der Waals surface area contributed by atoms with Gasteiger partial charge in [0.1, 0.15) is 12.0 Å². The van der Waals surface area contributed by atoms with Gasteiger partial charge in [-0.15, -0.1) is 0 Å². The molecule has 102 valence electrons. The Bertz CT molecular complexity index is 502. The highest BCUT2D eigenvalue weighted by Gasteiger charge is 2.40. The molecule has 19 heavy (non-hydrogen) atoms. The van der Waals surface area contributed by atoms with Gasteiger partial charge in [0, 0.05) is 12.2 Å². The minimum absolute atomic E-state index is 0.0620. The van der Waals surface area contributed by atoms with Crippen LogP contribution in [0.25, 0.3) is 0 Å². The first-order valence-corrected chi connectivity index (χ1v) is 6.64. The Balaban J connectivity index is 1.72. The SMILES string of the molecule is Cc1cc(NC2CCOC2C2CC2)ncc1[N+](=O)[O-]. The fourth-order valence-electron chi connectivity index (χ4n) is 2.66. The van der Waals surface area contributed by atoms with E-state index in [1.165, 1.54) is 19.0 Å². The second-order valence-electron chi connectivity index (χ2n) is 5.33. The standard InChI is InChI=1S/C13H17N3O3/c1-8-6-12(14-7-11(8)16(17)18)15-10-4-5-19-13(10)9-2-3-9/h6-7,9-10,13H,2-5H2,1H3,(H,14,15). The molecule has 2 fully saturated rings. The Labute approximate surface area is 111 Å². The zero-order valence-electron chi connectivity index (χ0n) is 10.8. The minimum Gasteiger partial charge on any atom is -0.376 e. The lowest BCUT2D eigenvalue weighted by Crippen LogP contribution is -2.31. The third kappa shape index (κ3) is 2.53. The lowest BCUT2D eigenvalue weighted by molar-refractivity contribution is -0.385. The number of hydrogen-bond acceptors (Lipinski definition) is 5. The predicted molar refractivity (Wildman–Crippen MR) is 70.1 cm³/mol. The number of hydrogen-bond donors (Lipinski definition) is 1. The van der Waals surface area contributed by atoms with Crippen molar-refractivity contribution in [1.82, 2.24) is 4.98 Å². The van der Waals surface area contributed by atoms with Gasteiger partial charge in [-0.1, -0.05) is 0 Å². The maximum Gasteiger partial charge on any atom is 0.290 e. The Morgan fingerprint density at radius 2 is 2.26 bits per heavy atom. The van der Waals surface area contributed by atoms with Gasteiger partial charge in [0.2, 0.25) is 0 Å². The second-order valence-corrected chi connectivity index (χ2v) is 5.33. The highest BCUT2D eigenvalue weighted by atomic mass is 16.6.